The first kappa shape index (κ1) is 13.9. The molecule has 0 aliphatic heterocycles. The molecule has 1 aromatic rings. The van der Waals surface area contributed by atoms with Crippen LogP contribution in [-0.4, -0.2) is 47.9 Å². The first-order valence-electron chi connectivity index (χ1n) is 5.15. The minimum absolute atomic E-state index is 0.0853. The van der Waals surface area contributed by atoms with Gasteiger partial charge >= 0.3 is 0 Å². The van der Waals surface area contributed by atoms with Gasteiger partial charge in [0.1, 0.15) is 14.0 Å². The number of hydrogen-bond acceptors (Lipinski definition) is 3. The molecule has 6 heteroatoms. The van der Waals surface area contributed by atoms with Crippen molar-refractivity contribution in [3.8, 4) is 0 Å². The van der Waals surface area contributed by atoms with Crippen molar-refractivity contribution in [2.75, 3.05) is 27.0 Å². The van der Waals surface area contributed by atoms with Crippen LogP contribution in [0, 0.1) is 0 Å². The molecule has 0 unspecified atom stereocenters. The summed E-state index contributed by atoms with van der Waals surface area (Å²) in [4.78, 5) is 11.8. The Kier molecular flexibility index (Phi) is 4.46. The van der Waals surface area contributed by atoms with Gasteiger partial charge in [-0.2, -0.15) is 0 Å². The highest BCUT2D eigenvalue weighted by molar-refractivity contribution is 7.59. The molecule has 0 atom stereocenters. The topological polar surface area (TPSA) is 60.9 Å². The fraction of sp³-hybridized carbons (Fsp3) is 0.364. The molecule has 0 heterocycles. The molecule has 0 fully saturated rings. The average molecular weight is 256 g/mol. The highest BCUT2D eigenvalue weighted by Gasteiger charge is 2.20. The molecule has 1 N–H and O–H groups in total. The van der Waals surface area contributed by atoms with E-state index in [0.717, 1.165) is 0 Å². The van der Waals surface area contributed by atoms with Gasteiger partial charge in [0.05, 0.1) is 0 Å². The van der Waals surface area contributed by atoms with Crippen LogP contribution in [0.1, 0.15) is 10.4 Å². The van der Waals surface area contributed by atoms with Crippen molar-refractivity contribution >= 4 is 13.2 Å². The Morgan fingerprint density at radius 3 is 2.29 bits per heavy atom. The van der Waals surface area contributed by atoms with Crippen LogP contribution in [-0.2, 0) is 4.57 Å². The first-order valence-corrected chi connectivity index (χ1v) is 7.70. The van der Waals surface area contributed by atoms with Gasteiger partial charge in [0.15, 0.2) is 0 Å². The van der Waals surface area contributed by atoms with E-state index in [0.29, 0.717) is 10.6 Å². The second kappa shape index (κ2) is 5.45. The highest BCUT2D eigenvalue weighted by Crippen LogP contribution is 2.39. The fourth-order valence-corrected chi connectivity index (χ4v) is 1.56. The molecule has 0 spiro atoms. The predicted molar refractivity (Wildman–Crippen MR) is 66.5 cm³/mol. The molecule has 5 nitrogen and oxygen atoms in total. The second-order valence-corrected chi connectivity index (χ2v) is 7.43. The predicted octanol–water partition coefficient (Wildman–Crippen LogP) is 1.95. The van der Waals surface area contributed by atoms with Gasteiger partial charge in [-0.25, -0.2) is 9.73 Å². The zero-order valence-electron chi connectivity index (χ0n) is 10.2. The minimum Gasteiger partial charge on any atom is -0.307 e. The Balaban J connectivity index is 2.69. The summed E-state index contributed by atoms with van der Waals surface area (Å²) in [6.07, 6.45) is 0. The van der Waals surface area contributed by atoms with E-state index < -0.39 is 13.2 Å². The molecular weight excluding hydrogens is 239 g/mol. The third kappa shape index (κ3) is 3.97. The third-order valence-electron chi connectivity index (χ3n) is 2.42. The lowest BCUT2D eigenvalue weighted by atomic mass is 10.2. The highest BCUT2D eigenvalue weighted by atomic mass is 31.2. The van der Waals surface area contributed by atoms with Gasteiger partial charge in [-0.15, -0.1) is 0 Å². The van der Waals surface area contributed by atoms with Gasteiger partial charge in [0.2, 0.25) is 0 Å². The molecule has 1 aromatic carbocycles. The lowest BCUT2D eigenvalue weighted by molar-refractivity contribution is -0.0740. The van der Waals surface area contributed by atoms with E-state index in [4.69, 9.17) is 0 Å². The van der Waals surface area contributed by atoms with E-state index in [1.54, 1.807) is 50.7 Å². The molecule has 0 aliphatic carbocycles. The SMILES string of the molecule is CN(CN(O)C(=O)c1ccccc1)P(C)(C)=O. The van der Waals surface area contributed by atoms with Crippen molar-refractivity contribution in [2.24, 2.45) is 0 Å². The van der Waals surface area contributed by atoms with E-state index in [1.807, 2.05) is 0 Å². The maximum absolute atomic E-state index is 11.8. The normalized spacial score (nSPS) is 11.6. The number of amides is 1. The van der Waals surface area contributed by atoms with Gasteiger partial charge < -0.3 is 4.57 Å². The summed E-state index contributed by atoms with van der Waals surface area (Å²) in [5.41, 5.74) is 0.394. The monoisotopic (exact) mass is 256 g/mol. The molecule has 0 bridgehead atoms. The smallest absolute Gasteiger partial charge is 0.278 e. The van der Waals surface area contributed by atoms with Crippen LogP contribution >= 0.6 is 7.29 Å². The van der Waals surface area contributed by atoms with Gasteiger partial charge in [-0.3, -0.25) is 10.0 Å². The summed E-state index contributed by atoms with van der Waals surface area (Å²) >= 11 is 0. The van der Waals surface area contributed by atoms with Crippen LogP contribution in [0.5, 0.6) is 0 Å². The molecular formula is C11H17N2O3P. The molecule has 17 heavy (non-hydrogen) atoms. The Labute approximate surface area is 101 Å². The van der Waals surface area contributed by atoms with E-state index in [9.17, 15) is 14.6 Å². The first-order chi connectivity index (χ1) is 7.82. The standard InChI is InChI=1S/C11H17N2O3P/c1-12(17(2,3)16)9-13(15)11(14)10-7-5-4-6-8-10/h4-8,15H,9H2,1-3H3. The Bertz CT molecular complexity index is 430. The zero-order chi connectivity index (χ0) is 13.1. The summed E-state index contributed by atoms with van der Waals surface area (Å²) in [7, 11) is -0.863. The van der Waals surface area contributed by atoms with E-state index in [2.05, 4.69) is 0 Å². The van der Waals surface area contributed by atoms with Crippen LogP contribution in [0.4, 0.5) is 0 Å². The molecule has 1 amide bonds. The maximum Gasteiger partial charge on any atom is 0.278 e. The molecule has 94 valence electrons. The lowest BCUT2D eigenvalue weighted by Gasteiger charge is -2.25. The summed E-state index contributed by atoms with van der Waals surface area (Å²) in [6, 6.07) is 8.45. The Morgan fingerprint density at radius 2 is 1.82 bits per heavy atom. The van der Waals surface area contributed by atoms with E-state index in [1.165, 1.54) is 4.67 Å². The third-order valence-corrected chi connectivity index (χ3v) is 4.19. The molecule has 0 saturated heterocycles. The van der Waals surface area contributed by atoms with E-state index in [-0.39, 0.29) is 6.67 Å². The van der Waals surface area contributed by atoms with Crippen molar-refractivity contribution in [1.82, 2.24) is 9.73 Å². The summed E-state index contributed by atoms with van der Waals surface area (Å²) in [5.74, 6) is -0.508. The molecule has 0 aliphatic rings. The van der Waals surface area contributed by atoms with Gasteiger partial charge in [0, 0.05) is 18.9 Å². The Hall–Kier alpha value is -1.16. The van der Waals surface area contributed by atoms with Crippen LogP contribution in [0.15, 0.2) is 30.3 Å². The summed E-state index contributed by atoms with van der Waals surface area (Å²) in [6.45, 7) is 3.07. The largest absolute Gasteiger partial charge is 0.307 e. The van der Waals surface area contributed by atoms with Crippen molar-refractivity contribution in [2.45, 2.75) is 0 Å². The second-order valence-electron chi connectivity index (χ2n) is 4.16. The fourth-order valence-electron chi connectivity index (χ4n) is 1.14. The summed E-state index contributed by atoms with van der Waals surface area (Å²) < 4.78 is 13.1. The molecule has 0 radical (unpaired) electrons. The van der Waals surface area contributed by atoms with Crippen molar-refractivity contribution in [1.29, 1.82) is 0 Å². The van der Waals surface area contributed by atoms with Gasteiger partial charge in [0.25, 0.3) is 5.91 Å². The number of hydroxylamine groups is 2. The summed E-state index contributed by atoms with van der Waals surface area (Å²) in [5, 5.41) is 10.2. The molecule has 0 saturated carbocycles. The zero-order valence-corrected chi connectivity index (χ0v) is 11.1. The quantitative estimate of drug-likeness (QED) is 0.387. The van der Waals surface area contributed by atoms with Crippen LogP contribution in [0.3, 0.4) is 0 Å². The number of hydrogen-bond donors (Lipinski definition) is 1. The van der Waals surface area contributed by atoms with Crippen molar-refractivity contribution < 1.29 is 14.6 Å². The van der Waals surface area contributed by atoms with Gasteiger partial charge in [-0.1, -0.05) is 18.2 Å². The molecule has 0 aromatic heterocycles. The number of benzene rings is 1. The van der Waals surface area contributed by atoms with Crippen molar-refractivity contribution in [3.05, 3.63) is 35.9 Å². The Morgan fingerprint density at radius 1 is 1.29 bits per heavy atom. The van der Waals surface area contributed by atoms with E-state index >= 15 is 0 Å². The minimum atomic E-state index is -2.46. The number of carbonyl (C=O) groups excluding carboxylic acids is 1. The number of nitrogens with zero attached hydrogens (tertiary/aromatic N) is 2. The molecule has 1 rings (SSSR count). The van der Waals surface area contributed by atoms with Crippen LogP contribution in [0.25, 0.3) is 0 Å². The van der Waals surface area contributed by atoms with Crippen LogP contribution < -0.4 is 0 Å². The number of carbonyl (C=O) groups is 1. The lowest BCUT2D eigenvalue weighted by Crippen LogP contribution is -2.36. The van der Waals surface area contributed by atoms with Crippen LogP contribution in [0.2, 0.25) is 0 Å². The van der Waals surface area contributed by atoms with Gasteiger partial charge in [-0.05, 0) is 19.2 Å². The number of rotatable bonds is 4. The average Bonchev–Trinajstić information content (AvgIpc) is 2.27. The maximum atomic E-state index is 11.8. The van der Waals surface area contributed by atoms with Crippen molar-refractivity contribution in [3.63, 3.8) is 0 Å².